The molecule has 4 aliphatic rings. The average Bonchev–Trinajstić information content (AvgIpc) is 3.28. The summed E-state index contributed by atoms with van der Waals surface area (Å²) in [6.45, 7) is 12.8. The first-order valence-electron chi connectivity index (χ1n) is 10.4. The van der Waals surface area contributed by atoms with Crippen LogP contribution in [-0.2, 0) is 0 Å². The van der Waals surface area contributed by atoms with Gasteiger partial charge in [0.15, 0.2) is 0 Å². The lowest BCUT2D eigenvalue weighted by Crippen LogP contribution is -2.59. The topological polar surface area (TPSA) is 13.0 Å². The molecule has 0 spiro atoms. The Balaban J connectivity index is 1.25. The number of hydrazine groups is 1. The fourth-order valence-electron chi connectivity index (χ4n) is 5.45. The zero-order chi connectivity index (χ0) is 16.9. The van der Waals surface area contributed by atoms with E-state index in [9.17, 15) is 0 Å². The van der Waals surface area contributed by atoms with Crippen molar-refractivity contribution in [2.75, 3.05) is 53.4 Å². The molecule has 0 aromatic rings. The molecule has 3 atom stereocenters. The molecule has 3 unspecified atom stereocenters. The molecule has 3 saturated heterocycles. The molecule has 1 saturated carbocycles. The predicted octanol–water partition coefficient (Wildman–Crippen LogP) is 2.37. The number of rotatable bonds is 6. The van der Waals surface area contributed by atoms with Gasteiger partial charge in [-0.15, -0.1) is 0 Å². The molecule has 0 aromatic carbocycles. The van der Waals surface area contributed by atoms with Crippen molar-refractivity contribution in [2.24, 2.45) is 17.3 Å². The number of fused-ring (bicyclic) bond motifs is 1. The van der Waals surface area contributed by atoms with Crippen LogP contribution < -0.4 is 0 Å². The average molecular weight is 335 g/mol. The van der Waals surface area contributed by atoms with Crippen molar-refractivity contribution in [3.63, 3.8) is 0 Å². The van der Waals surface area contributed by atoms with Crippen LogP contribution >= 0.6 is 0 Å². The predicted molar refractivity (Wildman–Crippen MR) is 99.8 cm³/mol. The van der Waals surface area contributed by atoms with Gasteiger partial charge in [0.1, 0.15) is 0 Å². The van der Waals surface area contributed by atoms with Crippen molar-refractivity contribution < 1.29 is 0 Å². The lowest BCUT2D eigenvalue weighted by molar-refractivity contribution is -0.0627. The number of likely N-dealkylation sites (tertiary alicyclic amines) is 2. The smallest absolute Gasteiger partial charge is 0.0402 e. The summed E-state index contributed by atoms with van der Waals surface area (Å²) in [7, 11) is 4.63. The molecule has 138 valence electrons. The van der Waals surface area contributed by atoms with E-state index in [1.165, 1.54) is 71.4 Å². The minimum atomic E-state index is 0.571. The van der Waals surface area contributed by atoms with Crippen LogP contribution in [0.1, 0.15) is 46.0 Å². The van der Waals surface area contributed by atoms with E-state index in [1.807, 2.05) is 0 Å². The summed E-state index contributed by atoms with van der Waals surface area (Å²) >= 11 is 0. The summed E-state index contributed by atoms with van der Waals surface area (Å²) in [4.78, 5) is 5.25. The van der Waals surface area contributed by atoms with Crippen LogP contribution in [0.5, 0.6) is 0 Å². The van der Waals surface area contributed by atoms with Gasteiger partial charge in [-0.1, -0.05) is 13.8 Å². The van der Waals surface area contributed by atoms with Crippen molar-refractivity contribution in [2.45, 2.75) is 58.0 Å². The SMILES string of the molecule is CC(CCN(C)N1CCC2CCN(C)CC21)C1(C)CN(C2CC2)C1. The van der Waals surface area contributed by atoms with Crippen LogP contribution in [0.2, 0.25) is 0 Å². The fourth-order valence-corrected chi connectivity index (χ4v) is 5.45. The maximum absolute atomic E-state index is 2.73. The molecule has 4 heteroatoms. The van der Waals surface area contributed by atoms with Crippen molar-refractivity contribution >= 4 is 0 Å². The molecular weight excluding hydrogens is 296 g/mol. The molecule has 3 aliphatic heterocycles. The van der Waals surface area contributed by atoms with Crippen LogP contribution in [0.25, 0.3) is 0 Å². The van der Waals surface area contributed by atoms with Gasteiger partial charge >= 0.3 is 0 Å². The molecule has 3 heterocycles. The standard InChI is InChI=1S/C20H38N4/c1-16(20(2)14-23(15-20)18-5-6-18)7-11-22(4)24-12-9-17-8-10-21(3)13-19(17)24/h16-19H,5-15H2,1-4H3. The molecule has 24 heavy (non-hydrogen) atoms. The Labute approximate surface area is 149 Å². The third-order valence-corrected chi connectivity index (χ3v) is 7.74. The number of likely N-dealkylation sites (N-methyl/N-ethyl adjacent to an activating group) is 1. The lowest BCUT2D eigenvalue weighted by Gasteiger charge is -2.52. The van der Waals surface area contributed by atoms with Gasteiger partial charge in [0.2, 0.25) is 0 Å². The monoisotopic (exact) mass is 334 g/mol. The van der Waals surface area contributed by atoms with E-state index < -0.39 is 0 Å². The summed E-state index contributed by atoms with van der Waals surface area (Å²) in [5.74, 6) is 1.78. The minimum Gasteiger partial charge on any atom is -0.305 e. The zero-order valence-electron chi connectivity index (χ0n) is 16.4. The first kappa shape index (κ1) is 17.3. The van der Waals surface area contributed by atoms with Gasteiger partial charge in [0, 0.05) is 51.9 Å². The highest BCUT2D eigenvalue weighted by Gasteiger charge is 2.47. The van der Waals surface area contributed by atoms with Gasteiger partial charge in [0.05, 0.1) is 0 Å². The van der Waals surface area contributed by atoms with Crippen LogP contribution in [0.3, 0.4) is 0 Å². The highest BCUT2D eigenvalue weighted by Crippen LogP contribution is 2.44. The van der Waals surface area contributed by atoms with Crippen LogP contribution in [0.15, 0.2) is 0 Å². The van der Waals surface area contributed by atoms with Gasteiger partial charge < -0.3 is 4.90 Å². The zero-order valence-corrected chi connectivity index (χ0v) is 16.4. The minimum absolute atomic E-state index is 0.571. The van der Waals surface area contributed by atoms with Gasteiger partial charge in [-0.25, -0.2) is 10.0 Å². The first-order chi connectivity index (χ1) is 11.5. The van der Waals surface area contributed by atoms with E-state index in [2.05, 4.69) is 47.8 Å². The summed E-state index contributed by atoms with van der Waals surface area (Å²) in [6.07, 6.45) is 7.07. The normalized spacial score (nSPS) is 35.9. The molecular formula is C20H38N4. The van der Waals surface area contributed by atoms with Crippen LogP contribution in [0.4, 0.5) is 0 Å². The van der Waals surface area contributed by atoms with Gasteiger partial charge in [-0.3, -0.25) is 4.90 Å². The van der Waals surface area contributed by atoms with Crippen LogP contribution in [0, 0.1) is 17.3 Å². The molecule has 4 rings (SSSR count). The summed E-state index contributed by atoms with van der Waals surface area (Å²) in [5.41, 5.74) is 0.571. The Morgan fingerprint density at radius 1 is 1.12 bits per heavy atom. The molecule has 1 aliphatic carbocycles. The Bertz CT molecular complexity index is 443. The molecule has 4 nitrogen and oxygen atoms in total. The number of hydrogen-bond acceptors (Lipinski definition) is 4. The maximum Gasteiger partial charge on any atom is 0.0402 e. The Kier molecular flexibility index (Phi) is 4.70. The third-order valence-electron chi connectivity index (χ3n) is 7.74. The van der Waals surface area contributed by atoms with Crippen LogP contribution in [-0.4, -0.2) is 85.3 Å². The second-order valence-corrected chi connectivity index (χ2v) is 9.69. The van der Waals surface area contributed by atoms with E-state index in [0.29, 0.717) is 5.41 Å². The second kappa shape index (κ2) is 6.53. The van der Waals surface area contributed by atoms with E-state index in [1.54, 1.807) is 0 Å². The van der Waals surface area contributed by atoms with Gasteiger partial charge in [-0.2, -0.15) is 0 Å². The maximum atomic E-state index is 2.73. The van der Waals surface area contributed by atoms with E-state index in [-0.39, 0.29) is 0 Å². The quantitative estimate of drug-likeness (QED) is 0.739. The third kappa shape index (κ3) is 3.27. The highest BCUT2D eigenvalue weighted by molar-refractivity contribution is 5.01. The Morgan fingerprint density at radius 2 is 1.83 bits per heavy atom. The first-order valence-corrected chi connectivity index (χ1v) is 10.4. The van der Waals surface area contributed by atoms with Crippen molar-refractivity contribution in [1.29, 1.82) is 0 Å². The second-order valence-electron chi connectivity index (χ2n) is 9.69. The molecule has 0 N–H and O–H groups in total. The van der Waals surface area contributed by atoms with E-state index in [4.69, 9.17) is 0 Å². The fraction of sp³-hybridized carbons (Fsp3) is 1.00. The summed E-state index contributed by atoms with van der Waals surface area (Å²) in [5, 5.41) is 5.27. The summed E-state index contributed by atoms with van der Waals surface area (Å²) in [6, 6.07) is 1.73. The molecule has 4 fully saturated rings. The molecule has 0 radical (unpaired) electrons. The number of hydrogen-bond donors (Lipinski definition) is 0. The van der Waals surface area contributed by atoms with Gasteiger partial charge in [-0.05, 0) is 62.9 Å². The highest BCUT2D eigenvalue weighted by atomic mass is 15.6. The van der Waals surface area contributed by atoms with Crippen molar-refractivity contribution in [3.8, 4) is 0 Å². The van der Waals surface area contributed by atoms with Crippen molar-refractivity contribution in [1.82, 2.24) is 19.8 Å². The van der Waals surface area contributed by atoms with Crippen molar-refractivity contribution in [3.05, 3.63) is 0 Å². The van der Waals surface area contributed by atoms with E-state index in [0.717, 1.165) is 23.9 Å². The largest absolute Gasteiger partial charge is 0.305 e. The summed E-state index contributed by atoms with van der Waals surface area (Å²) < 4.78 is 0. The van der Waals surface area contributed by atoms with Gasteiger partial charge in [0.25, 0.3) is 0 Å². The lowest BCUT2D eigenvalue weighted by atomic mass is 9.70. The number of piperidine rings is 1. The number of nitrogens with zero attached hydrogens (tertiary/aromatic N) is 4. The van der Waals surface area contributed by atoms with E-state index >= 15 is 0 Å². The Morgan fingerprint density at radius 3 is 2.54 bits per heavy atom. The molecule has 0 aromatic heterocycles. The Hall–Kier alpha value is -0.160. The molecule has 0 amide bonds. The molecule has 0 bridgehead atoms.